The van der Waals surface area contributed by atoms with Crippen molar-refractivity contribution in [3.63, 3.8) is 0 Å². The minimum atomic E-state index is -5.17. The molecule has 0 saturated carbocycles. The molecule has 0 atom stereocenters. The van der Waals surface area contributed by atoms with E-state index in [1.54, 1.807) is 0 Å². The average molecular weight is 343 g/mol. The third-order valence-electron chi connectivity index (χ3n) is 0. The van der Waals surface area contributed by atoms with Gasteiger partial charge in [0.15, 0.2) is 0 Å². The molecule has 0 saturated heterocycles. The van der Waals surface area contributed by atoms with Crippen LogP contribution in [0.15, 0.2) is 0 Å². The zero-order valence-corrected chi connectivity index (χ0v) is 10.1. The van der Waals surface area contributed by atoms with Gasteiger partial charge in [-0.1, -0.05) is 0 Å². The average Bonchev–Trinajstić information content (AvgIpc) is 1.41. The van der Waals surface area contributed by atoms with Crippen LogP contribution in [0.25, 0.3) is 0 Å². The SMILES string of the molecule is O=S(=O)([O-])[O-].O=S(=O)([O-])[O-].O=S(=O)([O-])[O-].[Mn+6]. The van der Waals surface area contributed by atoms with Crippen molar-refractivity contribution in [2.24, 2.45) is 0 Å². The predicted octanol–water partition coefficient (Wildman–Crippen LogP) is -4.02. The molecule has 0 aliphatic heterocycles. The van der Waals surface area contributed by atoms with Gasteiger partial charge in [0.05, 0.1) is 0 Å². The van der Waals surface area contributed by atoms with Crippen molar-refractivity contribution >= 4 is 31.2 Å². The van der Waals surface area contributed by atoms with Gasteiger partial charge in [0, 0.05) is 31.2 Å². The van der Waals surface area contributed by atoms with Crippen molar-refractivity contribution in [2.75, 3.05) is 0 Å². The summed E-state index contributed by atoms with van der Waals surface area (Å²) < 4.78 is 102. The molecule has 12 nitrogen and oxygen atoms in total. The van der Waals surface area contributed by atoms with Gasteiger partial charge >= 0.3 is 17.1 Å². The first-order chi connectivity index (χ1) is 6.00. The Kier molecular flexibility index (Phi) is 14.4. The second kappa shape index (κ2) is 9.19. The Morgan fingerprint density at radius 1 is 0.438 bits per heavy atom. The fourth-order valence-electron chi connectivity index (χ4n) is 0. The molecule has 0 bridgehead atoms. The number of hydrogen-bond donors (Lipinski definition) is 0. The third kappa shape index (κ3) is 145000. The van der Waals surface area contributed by atoms with Crippen molar-refractivity contribution in [3.8, 4) is 0 Å². The molecule has 0 fully saturated rings. The quantitative estimate of drug-likeness (QED) is 0.232. The Balaban J connectivity index is -0.0000000655. The van der Waals surface area contributed by atoms with Gasteiger partial charge in [-0.25, -0.2) is 0 Å². The van der Waals surface area contributed by atoms with E-state index in [1.807, 2.05) is 0 Å². The van der Waals surface area contributed by atoms with Gasteiger partial charge in [-0.3, -0.25) is 25.3 Å². The summed E-state index contributed by atoms with van der Waals surface area (Å²) in [6.45, 7) is 0. The second-order valence-electron chi connectivity index (χ2n) is 1.22. The number of rotatable bonds is 0. The molecule has 0 N–H and O–H groups in total. The maximum absolute atomic E-state index is 8.52. The maximum atomic E-state index is 8.52. The minimum absolute atomic E-state index is 0. The van der Waals surface area contributed by atoms with Gasteiger partial charge in [-0.15, -0.1) is 0 Å². The molecule has 0 aromatic carbocycles. The molecule has 0 aliphatic carbocycles. The Labute approximate surface area is 101 Å². The van der Waals surface area contributed by atoms with E-state index in [1.165, 1.54) is 0 Å². The third-order valence-corrected chi connectivity index (χ3v) is 0. The molecule has 97 valence electrons. The molecule has 1 radical (unpaired) electrons. The summed E-state index contributed by atoms with van der Waals surface area (Å²) in [5.74, 6) is 0. The number of hydrogen-bond acceptors (Lipinski definition) is 12. The van der Waals surface area contributed by atoms with Crippen LogP contribution in [0.1, 0.15) is 0 Å². The minimum Gasteiger partial charge on any atom is -0.759 e. The smallest absolute Gasteiger partial charge is 0.759 e. The van der Waals surface area contributed by atoms with Crippen LogP contribution in [0, 0.1) is 0 Å². The van der Waals surface area contributed by atoms with Gasteiger partial charge in [0.25, 0.3) is 0 Å². The molecule has 0 rings (SSSR count). The molecule has 0 heterocycles. The van der Waals surface area contributed by atoms with E-state index in [4.69, 9.17) is 52.6 Å². The van der Waals surface area contributed by atoms with Crippen LogP contribution in [-0.4, -0.2) is 52.6 Å². The summed E-state index contributed by atoms with van der Waals surface area (Å²) in [7, 11) is -15.5. The fraction of sp³-hybridized carbons (Fsp3) is 0. The predicted molar refractivity (Wildman–Crippen MR) is 31.4 cm³/mol. The van der Waals surface area contributed by atoms with Crippen LogP contribution in [0.3, 0.4) is 0 Å². The van der Waals surface area contributed by atoms with E-state index in [0.717, 1.165) is 0 Å². The molecule has 0 spiro atoms. The van der Waals surface area contributed by atoms with Crippen molar-refractivity contribution < 1.29 is 69.6 Å². The largest absolute Gasteiger partial charge is 6.00 e. The maximum Gasteiger partial charge on any atom is 6.00 e. The summed E-state index contributed by atoms with van der Waals surface area (Å²) in [6.07, 6.45) is 0. The fourth-order valence-corrected chi connectivity index (χ4v) is 0. The molecule has 16 heteroatoms. The van der Waals surface area contributed by atoms with E-state index < -0.39 is 31.2 Å². The van der Waals surface area contributed by atoms with Crippen LogP contribution >= 0.6 is 0 Å². The van der Waals surface area contributed by atoms with E-state index in [0.29, 0.717) is 0 Å². The monoisotopic (exact) mass is 343 g/mol. The molecule has 0 aliphatic rings. The second-order valence-corrected chi connectivity index (χ2v) is 3.67. The van der Waals surface area contributed by atoms with Crippen molar-refractivity contribution in [1.82, 2.24) is 0 Å². The van der Waals surface area contributed by atoms with Gasteiger partial charge in [-0.05, 0) is 0 Å². The topological polar surface area (TPSA) is 241 Å². The first kappa shape index (κ1) is 25.1. The van der Waals surface area contributed by atoms with Crippen molar-refractivity contribution in [3.05, 3.63) is 0 Å². The molecule has 0 aromatic heterocycles. The van der Waals surface area contributed by atoms with Crippen molar-refractivity contribution in [2.45, 2.75) is 0 Å². The standard InChI is InChI=1S/Mn.3H2O4S/c;3*1-5(2,3)4/h;3*(H2,1,2,3,4)/q+6;;;/p-6. The summed E-state index contributed by atoms with van der Waals surface area (Å²) >= 11 is 0. The Morgan fingerprint density at radius 3 is 0.438 bits per heavy atom. The Hall–Kier alpha value is 0.129. The summed E-state index contributed by atoms with van der Waals surface area (Å²) in [5, 5.41) is 0. The van der Waals surface area contributed by atoms with Crippen LogP contribution in [-0.2, 0) is 48.3 Å². The van der Waals surface area contributed by atoms with Gasteiger partial charge in [0.1, 0.15) is 0 Å². The van der Waals surface area contributed by atoms with E-state index >= 15 is 0 Å². The van der Waals surface area contributed by atoms with Crippen LogP contribution in [0.2, 0.25) is 0 Å². The van der Waals surface area contributed by atoms with E-state index in [-0.39, 0.29) is 17.1 Å². The summed E-state index contributed by atoms with van der Waals surface area (Å²) in [6, 6.07) is 0. The molecule has 0 aromatic rings. The molecule has 16 heavy (non-hydrogen) atoms. The van der Waals surface area contributed by atoms with Gasteiger partial charge in [0.2, 0.25) is 0 Å². The van der Waals surface area contributed by atoms with Gasteiger partial charge in [-0.2, -0.15) is 0 Å². The van der Waals surface area contributed by atoms with Gasteiger partial charge < -0.3 is 27.3 Å². The van der Waals surface area contributed by atoms with E-state index in [2.05, 4.69) is 0 Å². The first-order valence-electron chi connectivity index (χ1n) is 2.00. The van der Waals surface area contributed by atoms with Crippen molar-refractivity contribution in [1.29, 1.82) is 0 Å². The Bertz CT molecular complexity index is 337. The summed E-state index contributed by atoms with van der Waals surface area (Å²) in [4.78, 5) is 0. The normalized spacial score (nSPS) is 10.9. The zero-order valence-electron chi connectivity index (χ0n) is 6.50. The summed E-state index contributed by atoms with van der Waals surface area (Å²) in [5.41, 5.74) is 0. The van der Waals surface area contributed by atoms with Crippen LogP contribution in [0.5, 0.6) is 0 Å². The molecular weight excluding hydrogens is 343 g/mol. The molecule has 0 amide bonds. The Morgan fingerprint density at radius 2 is 0.438 bits per heavy atom. The molecule has 0 unspecified atom stereocenters. The van der Waals surface area contributed by atoms with E-state index in [9.17, 15) is 0 Å². The molecular formula is MnO12S3. The zero-order chi connectivity index (χ0) is 13.5. The van der Waals surface area contributed by atoms with Crippen LogP contribution < -0.4 is 0 Å². The van der Waals surface area contributed by atoms with Crippen LogP contribution in [0.4, 0.5) is 0 Å². The first-order valence-corrected chi connectivity index (χ1v) is 6.00.